The summed E-state index contributed by atoms with van der Waals surface area (Å²) in [6, 6.07) is 42.7. The van der Waals surface area contributed by atoms with Gasteiger partial charge in [0.1, 0.15) is 0 Å². The first-order valence-corrected chi connectivity index (χ1v) is 20.8. The minimum atomic E-state index is -0.0952. The van der Waals surface area contributed by atoms with Gasteiger partial charge in [-0.25, -0.2) is 9.97 Å². The van der Waals surface area contributed by atoms with E-state index in [0.717, 1.165) is 63.3 Å². The van der Waals surface area contributed by atoms with Crippen molar-refractivity contribution in [3.8, 4) is 29.2 Å². The molecule has 0 N–H and O–H groups in total. The van der Waals surface area contributed by atoms with Gasteiger partial charge in [0.2, 0.25) is 23.5 Å². The van der Waals surface area contributed by atoms with Crippen LogP contribution in [0.5, 0.6) is 23.5 Å². The molecule has 4 aromatic carbocycles. The predicted octanol–water partition coefficient (Wildman–Crippen LogP) is 12.2. The van der Waals surface area contributed by atoms with E-state index in [1.807, 2.05) is 36.4 Å². The number of rotatable bonds is 7. The Morgan fingerprint density at radius 1 is 0.459 bits per heavy atom. The van der Waals surface area contributed by atoms with Crippen molar-refractivity contribution in [2.75, 3.05) is 47.0 Å². The molecule has 0 bridgehead atoms. The first-order valence-electron chi connectivity index (χ1n) is 20.8. The van der Waals surface area contributed by atoms with Crippen LogP contribution in [0, 0.1) is 0 Å². The second-order valence-electron chi connectivity index (χ2n) is 18.2. The molecule has 10 heteroatoms. The Labute approximate surface area is 357 Å². The lowest BCUT2D eigenvalue weighted by molar-refractivity contribution is 0.407. The van der Waals surface area contributed by atoms with Gasteiger partial charge in [0.15, 0.2) is 0 Å². The summed E-state index contributed by atoms with van der Waals surface area (Å²) in [5.41, 5.74) is 11.9. The number of hydrogen-bond donors (Lipinski definition) is 0. The Morgan fingerprint density at radius 2 is 0.885 bits per heavy atom. The van der Waals surface area contributed by atoms with Gasteiger partial charge in [-0.1, -0.05) is 77.9 Å². The molecule has 0 radical (unpaired) electrons. The SMILES string of the molecule is CN1CN(c2ccc3c4ccc(N5CN(C)c6ccccc65)cc4n(-c4cc(Oc5cc(C(C)(C)C)ccn5)nc(Oc5cc(C(C)(C)C)ccn5)c4)c3c2)c2ccccc21. The number of nitrogens with zero attached hydrogens (tertiary/aromatic N) is 8. The zero-order valence-electron chi connectivity index (χ0n) is 36.0. The molecule has 0 fully saturated rings. The van der Waals surface area contributed by atoms with Crippen LogP contribution in [0.3, 0.4) is 0 Å². The van der Waals surface area contributed by atoms with Gasteiger partial charge >= 0.3 is 0 Å². The Morgan fingerprint density at radius 3 is 1.31 bits per heavy atom. The molecule has 6 heterocycles. The van der Waals surface area contributed by atoms with Crippen molar-refractivity contribution in [3.63, 3.8) is 0 Å². The quantitative estimate of drug-likeness (QED) is 0.156. The smallest absolute Gasteiger partial charge is 0.226 e. The summed E-state index contributed by atoms with van der Waals surface area (Å²) in [5, 5.41) is 2.26. The third kappa shape index (κ3) is 6.91. The molecule has 10 nitrogen and oxygen atoms in total. The molecule has 0 unspecified atom stereocenters. The van der Waals surface area contributed by atoms with E-state index in [1.165, 1.54) is 22.7 Å². The number of fused-ring (bicyclic) bond motifs is 5. The lowest BCUT2D eigenvalue weighted by Gasteiger charge is -2.21. The van der Waals surface area contributed by atoms with Crippen molar-refractivity contribution in [2.24, 2.45) is 0 Å². The third-order valence-corrected chi connectivity index (χ3v) is 11.9. The fourth-order valence-electron chi connectivity index (χ4n) is 8.59. The zero-order valence-corrected chi connectivity index (χ0v) is 36.0. The second-order valence-corrected chi connectivity index (χ2v) is 18.2. The fraction of sp³-hybridized carbons (Fsp3) is 0.235. The molecule has 0 atom stereocenters. The Hall–Kier alpha value is -7.07. The van der Waals surface area contributed by atoms with Gasteiger partial charge < -0.3 is 33.6 Å². The largest absolute Gasteiger partial charge is 0.421 e. The molecule has 0 saturated carbocycles. The van der Waals surface area contributed by atoms with Gasteiger partial charge in [-0.05, 0) is 82.6 Å². The normalized spacial score (nSPS) is 14.0. The molecular weight excluding hydrogens is 757 g/mol. The summed E-state index contributed by atoms with van der Waals surface area (Å²) in [6.45, 7) is 14.6. The Kier molecular flexibility index (Phi) is 8.94. The highest BCUT2D eigenvalue weighted by atomic mass is 16.5. The summed E-state index contributed by atoms with van der Waals surface area (Å²) in [6.07, 6.45) is 3.58. The van der Waals surface area contributed by atoms with Crippen LogP contribution in [0.15, 0.2) is 134 Å². The van der Waals surface area contributed by atoms with E-state index in [0.29, 0.717) is 23.5 Å². The van der Waals surface area contributed by atoms with E-state index < -0.39 is 0 Å². The van der Waals surface area contributed by atoms with E-state index in [1.54, 1.807) is 12.4 Å². The zero-order chi connectivity index (χ0) is 42.2. The highest BCUT2D eigenvalue weighted by Gasteiger charge is 2.28. The van der Waals surface area contributed by atoms with Crippen LogP contribution in [0.2, 0.25) is 0 Å². The summed E-state index contributed by atoms with van der Waals surface area (Å²) >= 11 is 0. The average Bonchev–Trinajstić information content (AvgIpc) is 3.88. The second kappa shape index (κ2) is 14.3. The van der Waals surface area contributed by atoms with Gasteiger partial charge in [0.25, 0.3) is 0 Å². The van der Waals surface area contributed by atoms with Gasteiger partial charge in [-0.3, -0.25) is 0 Å². The van der Waals surface area contributed by atoms with Crippen molar-refractivity contribution in [3.05, 3.63) is 145 Å². The highest BCUT2D eigenvalue weighted by molar-refractivity contribution is 6.11. The van der Waals surface area contributed by atoms with Gasteiger partial charge in [0.05, 0.1) is 52.8 Å². The minimum Gasteiger partial charge on any atom is -0.421 e. The van der Waals surface area contributed by atoms with E-state index >= 15 is 0 Å². The average molecular weight is 807 g/mol. The fourth-order valence-corrected chi connectivity index (χ4v) is 8.59. The summed E-state index contributed by atoms with van der Waals surface area (Å²) in [7, 11) is 4.28. The molecule has 2 aliphatic heterocycles. The molecule has 0 amide bonds. The third-order valence-electron chi connectivity index (χ3n) is 11.9. The lowest BCUT2D eigenvalue weighted by atomic mass is 9.88. The van der Waals surface area contributed by atoms with Crippen LogP contribution in [-0.2, 0) is 10.8 Å². The maximum absolute atomic E-state index is 6.58. The molecule has 0 spiro atoms. The van der Waals surface area contributed by atoms with Gasteiger partial charge in [-0.15, -0.1) is 0 Å². The van der Waals surface area contributed by atoms with Crippen molar-refractivity contribution >= 4 is 55.9 Å². The van der Waals surface area contributed by atoms with E-state index in [4.69, 9.17) is 14.5 Å². The number of anilines is 6. The molecule has 2 aliphatic rings. The lowest BCUT2D eigenvalue weighted by Crippen LogP contribution is -2.24. The molecule has 10 rings (SSSR count). The molecule has 0 saturated heterocycles. The van der Waals surface area contributed by atoms with Crippen LogP contribution >= 0.6 is 0 Å². The topological polar surface area (TPSA) is 75.0 Å². The first-order chi connectivity index (χ1) is 29.3. The molecule has 0 aliphatic carbocycles. The molecule has 4 aromatic heterocycles. The number of hydrogen-bond acceptors (Lipinski definition) is 9. The van der Waals surface area contributed by atoms with Crippen molar-refractivity contribution in [1.29, 1.82) is 0 Å². The van der Waals surface area contributed by atoms with Crippen LogP contribution in [0.1, 0.15) is 52.7 Å². The predicted molar refractivity (Wildman–Crippen MR) is 248 cm³/mol. The van der Waals surface area contributed by atoms with Crippen LogP contribution < -0.4 is 29.1 Å². The van der Waals surface area contributed by atoms with Crippen LogP contribution in [0.25, 0.3) is 27.5 Å². The molecular formula is C51H50N8O2. The molecule has 8 aromatic rings. The monoisotopic (exact) mass is 806 g/mol. The number of benzene rings is 4. The van der Waals surface area contributed by atoms with E-state index in [9.17, 15) is 0 Å². The Bertz CT molecular complexity index is 2790. The number of ether oxygens (including phenoxy) is 2. The van der Waals surface area contributed by atoms with Gasteiger partial charge in [0, 0.05) is 72.9 Å². The minimum absolute atomic E-state index is 0.0952. The van der Waals surface area contributed by atoms with Crippen LogP contribution in [0.4, 0.5) is 34.1 Å². The van der Waals surface area contributed by atoms with Crippen LogP contribution in [-0.4, -0.2) is 47.0 Å². The summed E-state index contributed by atoms with van der Waals surface area (Å²) < 4.78 is 15.5. The first kappa shape index (κ1) is 38.2. The van der Waals surface area contributed by atoms with Crippen molar-refractivity contribution < 1.29 is 9.47 Å². The Balaban J connectivity index is 1.19. The molecule has 306 valence electrons. The van der Waals surface area contributed by atoms with E-state index in [2.05, 4.69) is 175 Å². The number of para-hydroxylation sites is 4. The van der Waals surface area contributed by atoms with Gasteiger partial charge in [-0.2, -0.15) is 4.98 Å². The standard InChI is InChI=1S/C51H50N8O2/c1-50(2,3)33-21-23-52-46(25-33)60-48-29-37(30-49(54-48)61-47-26-34(22-24-53-47)51(4,5)6)59-44-27-35(57-31-55(7)40-13-9-11-15-42(40)57)17-19-38(44)39-20-18-36(28-45(39)59)58-32-56(8)41-14-10-12-16-43(41)58/h9-30H,31-32H2,1-8H3. The maximum Gasteiger partial charge on any atom is 0.226 e. The van der Waals surface area contributed by atoms with E-state index in [-0.39, 0.29) is 10.8 Å². The summed E-state index contributed by atoms with van der Waals surface area (Å²) in [4.78, 5) is 23.5. The number of aromatic nitrogens is 4. The molecule has 61 heavy (non-hydrogen) atoms. The van der Waals surface area contributed by atoms with Crippen molar-refractivity contribution in [1.82, 2.24) is 19.5 Å². The van der Waals surface area contributed by atoms with Crippen molar-refractivity contribution in [2.45, 2.75) is 52.4 Å². The highest BCUT2D eigenvalue weighted by Crippen LogP contribution is 2.45. The number of pyridine rings is 3. The maximum atomic E-state index is 6.58. The summed E-state index contributed by atoms with van der Waals surface area (Å²) in [5.74, 6) is 1.61.